The number of carbonyl (C=O) groups is 1. The first-order valence-electron chi connectivity index (χ1n) is 8.29. The maximum Gasteiger partial charge on any atom is 0.268 e. The average Bonchev–Trinajstić information content (AvgIpc) is 3.34. The fourth-order valence-electron chi connectivity index (χ4n) is 2.72. The van der Waals surface area contributed by atoms with E-state index in [4.69, 9.17) is 4.42 Å². The number of carbonyl (C=O) groups excluding carboxylic acids is 1. The fraction of sp³-hybridized carbons (Fsp3) is 0.0476. The van der Waals surface area contributed by atoms with E-state index in [1.807, 2.05) is 30.3 Å². The number of anilines is 1. The monoisotopic (exact) mass is 378 g/mol. The highest BCUT2D eigenvalue weighted by molar-refractivity contribution is 7.17. The van der Waals surface area contributed by atoms with Gasteiger partial charge in [0.15, 0.2) is 10.8 Å². The molecule has 0 bridgehead atoms. The number of hydrogen-bond donors (Lipinski definition) is 1. The largest absolute Gasteiger partial charge is 0.462 e. The van der Waals surface area contributed by atoms with Crippen LogP contribution in [-0.2, 0) is 0 Å². The second-order valence-corrected chi connectivity index (χ2v) is 6.95. The van der Waals surface area contributed by atoms with Crippen LogP contribution in [0.2, 0.25) is 0 Å². The van der Waals surface area contributed by atoms with Crippen LogP contribution in [0.3, 0.4) is 0 Å². The zero-order chi connectivity index (χ0) is 18.8. The molecule has 2 heterocycles. The summed E-state index contributed by atoms with van der Waals surface area (Å²) < 4.78 is 18.8. The first-order valence-corrected chi connectivity index (χ1v) is 9.11. The Morgan fingerprint density at radius 1 is 1.11 bits per heavy atom. The van der Waals surface area contributed by atoms with Gasteiger partial charge in [0, 0.05) is 11.3 Å². The van der Waals surface area contributed by atoms with Crippen molar-refractivity contribution in [2.45, 2.75) is 6.92 Å². The molecule has 4 rings (SSSR count). The topological polar surface area (TPSA) is 55.1 Å². The summed E-state index contributed by atoms with van der Waals surface area (Å²) >= 11 is 1.26. The Kier molecular flexibility index (Phi) is 4.56. The van der Waals surface area contributed by atoms with E-state index in [1.165, 1.54) is 23.5 Å². The van der Waals surface area contributed by atoms with Crippen LogP contribution in [0.15, 0.2) is 71.3 Å². The van der Waals surface area contributed by atoms with Gasteiger partial charge in [0.05, 0.1) is 12.0 Å². The van der Waals surface area contributed by atoms with Crippen LogP contribution in [0.25, 0.3) is 22.0 Å². The van der Waals surface area contributed by atoms with Gasteiger partial charge in [0.2, 0.25) is 0 Å². The maximum absolute atomic E-state index is 13.3. The van der Waals surface area contributed by atoms with Crippen molar-refractivity contribution in [1.29, 1.82) is 0 Å². The van der Waals surface area contributed by atoms with Crippen molar-refractivity contribution in [2.75, 3.05) is 5.32 Å². The first kappa shape index (κ1) is 17.2. The third kappa shape index (κ3) is 3.52. The van der Waals surface area contributed by atoms with E-state index in [2.05, 4.69) is 10.3 Å². The van der Waals surface area contributed by atoms with Crippen LogP contribution in [-0.4, -0.2) is 10.9 Å². The number of nitrogens with zero attached hydrogens (tertiary/aromatic N) is 1. The number of furan rings is 1. The zero-order valence-corrected chi connectivity index (χ0v) is 15.2. The minimum absolute atomic E-state index is 0.293. The SMILES string of the molecule is Cc1cc(F)ccc1NC(=O)c1sc(-c2ccco2)nc1-c1ccccc1. The van der Waals surface area contributed by atoms with Gasteiger partial charge in [-0.15, -0.1) is 11.3 Å². The number of amides is 1. The van der Waals surface area contributed by atoms with Gasteiger partial charge in [-0.3, -0.25) is 4.79 Å². The third-order valence-electron chi connectivity index (χ3n) is 4.05. The minimum atomic E-state index is -0.339. The molecule has 27 heavy (non-hydrogen) atoms. The van der Waals surface area contributed by atoms with Crippen LogP contribution in [0.4, 0.5) is 10.1 Å². The molecule has 134 valence electrons. The first-order chi connectivity index (χ1) is 13.1. The van der Waals surface area contributed by atoms with Crippen LogP contribution in [0, 0.1) is 12.7 Å². The molecule has 4 nitrogen and oxygen atoms in total. The van der Waals surface area contributed by atoms with Crippen molar-refractivity contribution >= 4 is 22.9 Å². The molecule has 0 aliphatic heterocycles. The van der Waals surface area contributed by atoms with Gasteiger partial charge < -0.3 is 9.73 Å². The zero-order valence-electron chi connectivity index (χ0n) is 14.4. The fourth-order valence-corrected chi connectivity index (χ4v) is 3.67. The average molecular weight is 378 g/mol. The molecule has 0 saturated carbocycles. The Balaban J connectivity index is 1.75. The highest BCUT2D eigenvalue weighted by atomic mass is 32.1. The Labute approximate surface area is 159 Å². The molecule has 0 unspecified atom stereocenters. The minimum Gasteiger partial charge on any atom is -0.462 e. The molecule has 0 radical (unpaired) electrons. The highest BCUT2D eigenvalue weighted by Gasteiger charge is 2.21. The molecule has 1 N–H and O–H groups in total. The predicted octanol–water partition coefficient (Wildman–Crippen LogP) is 5.77. The Morgan fingerprint density at radius 3 is 2.63 bits per heavy atom. The Morgan fingerprint density at radius 2 is 1.93 bits per heavy atom. The summed E-state index contributed by atoms with van der Waals surface area (Å²) in [6.07, 6.45) is 1.57. The Hall–Kier alpha value is -3.25. The lowest BCUT2D eigenvalue weighted by Crippen LogP contribution is -2.12. The number of rotatable bonds is 4. The van der Waals surface area contributed by atoms with Gasteiger partial charge in [0.1, 0.15) is 10.7 Å². The number of halogens is 1. The summed E-state index contributed by atoms with van der Waals surface area (Å²) in [5.41, 5.74) is 2.64. The summed E-state index contributed by atoms with van der Waals surface area (Å²) in [5.74, 6) is -0.0265. The molecular weight excluding hydrogens is 363 g/mol. The van der Waals surface area contributed by atoms with Crippen molar-refractivity contribution in [3.05, 3.63) is 83.2 Å². The van der Waals surface area contributed by atoms with Crippen molar-refractivity contribution < 1.29 is 13.6 Å². The normalized spacial score (nSPS) is 10.7. The number of aryl methyl sites for hydroxylation is 1. The molecule has 2 aromatic heterocycles. The molecule has 0 saturated heterocycles. The lowest BCUT2D eigenvalue weighted by molar-refractivity contribution is 0.103. The molecule has 6 heteroatoms. The lowest BCUT2D eigenvalue weighted by Gasteiger charge is -2.08. The summed E-state index contributed by atoms with van der Waals surface area (Å²) in [6, 6.07) is 17.3. The number of thiazole rings is 1. The third-order valence-corrected chi connectivity index (χ3v) is 5.12. The molecular formula is C21H15FN2O2S. The second-order valence-electron chi connectivity index (χ2n) is 5.95. The van der Waals surface area contributed by atoms with E-state index in [9.17, 15) is 9.18 Å². The van der Waals surface area contributed by atoms with Crippen molar-refractivity contribution in [3.8, 4) is 22.0 Å². The van der Waals surface area contributed by atoms with Gasteiger partial charge in [-0.2, -0.15) is 0 Å². The number of benzene rings is 2. The molecule has 1 amide bonds. The summed E-state index contributed by atoms with van der Waals surface area (Å²) in [7, 11) is 0. The van der Waals surface area contributed by atoms with Gasteiger partial charge in [0.25, 0.3) is 5.91 Å². The van der Waals surface area contributed by atoms with E-state index >= 15 is 0 Å². The molecule has 2 aromatic carbocycles. The van der Waals surface area contributed by atoms with Crippen LogP contribution in [0.1, 0.15) is 15.2 Å². The van der Waals surface area contributed by atoms with Gasteiger partial charge in [-0.25, -0.2) is 9.37 Å². The molecule has 0 fully saturated rings. The molecule has 0 atom stereocenters. The van der Waals surface area contributed by atoms with Gasteiger partial charge in [-0.05, 0) is 42.8 Å². The summed E-state index contributed by atoms with van der Waals surface area (Å²) in [6.45, 7) is 1.75. The molecule has 0 aliphatic rings. The smallest absolute Gasteiger partial charge is 0.268 e. The Bertz CT molecular complexity index is 1090. The van der Waals surface area contributed by atoms with Gasteiger partial charge >= 0.3 is 0 Å². The lowest BCUT2D eigenvalue weighted by atomic mass is 10.1. The number of nitrogens with one attached hydrogen (secondary N) is 1. The van der Waals surface area contributed by atoms with Gasteiger partial charge in [-0.1, -0.05) is 30.3 Å². The van der Waals surface area contributed by atoms with Crippen LogP contribution >= 0.6 is 11.3 Å². The van der Waals surface area contributed by atoms with Crippen molar-refractivity contribution in [3.63, 3.8) is 0 Å². The summed E-state index contributed by atoms with van der Waals surface area (Å²) in [5, 5.41) is 3.48. The van der Waals surface area contributed by atoms with E-state index in [1.54, 1.807) is 31.4 Å². The predicted molar refractivity (Wildman–Crippen MR) is 104 cm³/mol. The maximum atomic E-state index is 13.3. The quantitative estimate of drug-likeness (QED) is 0.490. The van der Waals surface area contributed by atoms with Crippen molar-refractivity contribution in [1.82, 2.24) is 4.98 Å². The van der Waals surface area contributed by atoms with E-state index in [0.29, 0.717) is 32.6 Å². The molecule has 0 aliphatic carbocycles. The van der Waals surface area contributed by atoms with E-state index in [-0.39, 0.29) is 11.7 Å². The van der Waals surface area contributed by atoms with E-state index < -0.39 is 0 Å². The van der Waals surface area contributed by atoms with Crippen molar-refractivity contribution in [2.24, 2.45) is 0 Å². The summed E-state index contributed by atoms with van der Waals surface area (Å²) in [4.78, 5) is 18.1. The standard InChI is InChI=1S/C21H15FN2O2S/c1-13-12-15(22)9-10-16(13)23-20(25)19-18(14-6-3-2-4-7-14)24-21(27-19)17-8-5-11-26-17/h2-12H,1H3,(H,23,25). The number of aromatic nitrogens is 1. The molecule has 0 spiro atoms. The highest BCUT2D eigenvalue weighted by Crippen LogP contribution is 2.34. The molecule has 4 aromatic rings. The second kappa shape index (κ2) is 7.17. The van der Waals surface area contributed by atoms with Crippen LogP contribution < -0.4 is 5.32 Å². The van der Waals surface area contributed by atoms with Crippen LogP contribution in [0.5, 0.6) is 0 Å². The van der Waals surface area contributed by atoms with E-state index in [0.717, 1.165) is 5.56 Å². The number of hydrogen-bond acceptors (Lipinski definition) is 4.